The van der Waals surface area contributed by atoms with Crippen molar-refractivity contribution in [1.29, 1.82) is 0 Å². The lowest BCUT2D eigenvalue weighted by Crippen LogP contribution is -2.40. The standard InChI is InChI=1S/C10H17ClN2O/c1-7(11)10(14)12-8-4-5-13(6-8)9-2-3-9/h7-9H,2-6H2,1H3,(H,12,14). The van der Waals surface area contributed by atoms with Gasteiger partial charge in [-0.3, -0.25) is 9.69 Å². The third-order valence-corrected chi connectivity index (χ3v) is 3.19. The van der Waals surface area contributed by atoms with E-state index in [2.05, 4.69) is 10.2 Å². The smallest absolute Gasteiger partial charge is 0.238 e. The number of carbonyl (C=O) groups is 1. The zero-order valence-corrected chi connectivity index (χ0v) is 9.26. The second kappa shape index (κ2) is 4.07. The van der Waals surface area contributed by atoms with E-state index in [1.165, 1.54) is 12.8 Å². The molecule has 0 radical (unpaired) electrons. The second-order valence-electron chi connectivity index (χ2n) is 4.34. The van der Waals surface area contributed by atoms with E-state index >= 15 is 0 Å². The van der Waals surface area contributed by atoms with Crippen LogP contribution in [0.15, 0.2) is 0 Å². The van der Waals surface area contributed by atoms with Gasteiger partial charge in [-0.25, -0.2) is 0 Å². The molecule has 1 aliphatic carbocycles. The van der Waals surface area contributed by atoms with E-state index in [9.17, 15) is 4.79 Å². The third kappa shape index (κ3) is 2.39. The van der Waals surface area contributed by atoms with Crippen molar-refractivity contribution in [2.45, 2.75) is 43.6 Å². The van der Waals surface area contributed by atoms with Crippen molar-refractivity contribution in [2.75, 3.05) is 13.1 Å². The Bertz CT molecular complexity index is 228. The molecule has 2 atom stereocenters. The van der Waals surface area contributed by atoms with Gasteiger partial charge in [0.2, 0.25) is 5.91 Å². The maximum absolute atomic E-state index is 11.3. The van der Waals surface area contributed by atoms with Gasteiger partial charge in [-0.15, -0.1) is 11.6 Å². The van der Waals surface area contributed by atoms with E-state index in [-0.39, 0.29) is 5.91 Å². The number of hydrogen-bond acceptors (Lipinski definition) is 2. The van der Waals surface area contributed by atoms with Crippen molar-refractivity contribution >= 4 is 17.5 Å². The normalized spacial score (nSPS) is 30.3. The summed E-state index contributed by atoms with van der Waals surface area (Å²) in [6.45, 7) is 3.86. The van der Waals surface area contributed by atoms with Crippen LogP contribution in [-0.2, 0) is 4.79 Å². The van der Waals surface area contributed by atoms with E-state index in [4.69, 9.17) is 11.6 Å². The first kappa shape index (κ1) is 10.2. The number of halogens is 1. The molecule has 1 N–H and O–H groups in total. The second-order valence-corrected chi connectivity index (χ2v) is 4.99. The Balaban J connectivity index is 1.75. The molecule has 14 heavy (non-hydrogen) atoms. The molecule has 2 fully saturated rings. The molecule has 80 valence electrons. The molecule has 1 saturated heterocycles. The van der Waals surface area contributed by atoms with Crippen LogP contribution >= 0.6 is 11.6 Å². The van der Waals surface area contributed by atoms with E-state index in [1.807, 2.05) is 0 Å². The molecule has 0 spiro atoms. The number of likely N-dealkylation sites (tertiary alicyclic amines) is 1. The van der Waals surface area contributed by atoms with Gasteiger partial charge >= 0.3 is 0 Å². The average Bonchev–Trinajstić information content (AvgIpc) is 2.88. The van der Waals surface area contributed by atoms with Gasteiger partial charge in [0, 0.05) is 25.2 Å². The number of nitrogens with zero attached hydrogens (tertiary/aromatic N) is 1. The summed E-state index contributed by atoms with van der Waals surface area (Å²) in [5.74, 6) is -0.0330. The average molecular weight is 217 g/mol. The predicted molar refractivity (Wildman–Crippen MR) is 56.5 cm³/mol. The molecular formula is C10H17ClN2O. The van der Waals surface area contributed by atoms with Crippen LogP contribution in [0.2, 0.25) is 0 Å². The summed E-state index contributed by atoms with van der Waals surface area (Å²) in [5.41, 5.74) is 0. The minimum Gasteiger partial charge on any atom is -0.351 e. The lowest BCUT2D eigenvalue weighted by atomic mass is 10.2. The Morgan fingerprint density at radius 3 is 2.79 bits per heavy atom. The van der Waals surface area contributed by atoms with Gasteiger partial charge in [0.1, 0.15) is 5.38 Å². The van der Waals surface area contributed by atoms with Gasteiger partial charge in [-0.1, -0.05) is 0 Å². The van der Waals surface area contributed by atoms with Crippen molar-refractivity contribution in [2.24, 2.45) is 0 Å². The highest BCUT2D eigenvalue weighted by Gasteiger charge is 2.34. The molecule has 0 bridgehead atoms. The van der Waals surface area contributed by atoms with Crippen LogP contribution in [0.4, 0.5) is 0 Å². The Morgan fingerprint density at radius 1 is 1.50 bits per heavy atom. The fourth-order valence-corrected chi connectivity index (χ4v) is 2.06. The molecule has 0 aromatic rings. The van der Waals surface area contributed by atoms with Crippen LogP contribution < -0.4 is 5.32 Å². The predicted octanol–water partition coefficient (Wildman–Crippen LogP) is 0.967. The zero-order valence-electron chi connectivity index (χ0n) is 8.50. The number of nitrogens with one attached hydrogen (secondary N) is 1. The zero-order chi connectivity index (χ0) is 10.1. The number of amides is 1. The van der Waals surface area contributed by atoms with Crippen molar-refractivity contribution in [1.82, 2.24) is 10.2 Å². The van der Waals surface area contributed by atoms with E-state index in [0.29, 0.717) is 6.04 Å². The molecule has 2 unspecified atom stereocenters. The SMILES string of the molecule is CC(Cl)C(=O)NC1CCN(C2CC2)C1. The van der Waals surface area contributed by atoms with Crippen molar-refractivity contribution < 1.29 is 4.79 Å². The maximum atomic E-state index is 11.3. The highest BCUT2D eigenvalue weighted by Crippen LogP contribution is 2.29. The summed E-state index contributed by atoms with van der Waals surface area (Å²) >= 11 is 5.69. The minimum atomic E-state index is -0.412. The van der Waals surface area contributed by atoms with E-state index in [1.54, 1.807) is 6.92 Å². The molecule has 1 heterocycles. The van der Waals surface area contributed by atoms with Gasteiger partial charge in [0.15, 0.2) is 0 Å². The summed E-state index contributed by atoms with van der Waals surface area (Å²) in [7, 11) is 0. The summed E-state index contributed by atoms with van der Waals surface area (Å²) < 4.78 is 0. The lowest BCUT2D eigenvalue weighted by Gasteiger charge is -2.16. The minimum absolute atomic E-state index is 0.0330. The van der Waals surface area contributed by atoms with Crippen LogP contribution in [0.5, 0.6) is 0 Å². The quantitative estimate of drug-likeness (QED) is 0.713. The van der Waals surface area contributed by atoms with Crippen LogP contribution in [0.25, 0.3) is 0 Å². The first-order valence-electron chi connectivity index (χ1n) is 5.35. The molecule has 0 aromatic heterocycles. The molecule has 3 nitrogen and oxygen atoms in total. The Hall–Kier alpha value is -0.280. The summed E-state index contributed by atoms with van der Waals surface area (Å²) in [6, 6.07) is 1.13. The molecule has 1 aliphatic heterocycles. The van der Waals surface area contributed by atoms with Crippen molar-refractivity contribution in [3.63, 3.8) is 0 Å². The first-order chi connectivity index (χ1) is 6.66. The Kier molecular flexibility index (Phi) is 2.98. The number of carbonyl (C=O) groups excluding carboxylic acids is 1. The monoisotopic (exact) mass is 216 g/mol. The summed E-state index contributed by atoms with van der Waals surface area (Å²) in [5, 5.41) is 2.57. The number of alkyl halides is 1. The molecule has 1 amide bonds. The number of rotatable bonds is 3. The largest absolute Gasteiger partial charge is 0.351 e. The van der Waals surface area contributed by atoms with Gasteiger partial charge in [-0.2, -0.15) is 0 Å². The van der Waals surface area contributed by atoms with Crippen LogP contribution in [0, 0.1) is 0 Å². The van der Waals surface area contributed by atoms with Crippen LogP contribution in [-0.4, -0.2) is 41.4 Å². The fraction of sp³-hybridized carbons (Fsp3) is 0.900. The Morgan fingerprint density at radius 2 is 2.21 bits per heavy atom. The third-order valence-electron chi connectivity index (χ3n) is 2.99. The molecule has 1 saturated carbocycles. The molecule has 2 aliphatic rings. The molecule has 2 rings (SSSR count). The van der Waals surface area contributed by atoms with Gasteiger partial charge in [-0.05, 0) is 26.2 Å². The van der Waals surface area contributed by atoms with Gasteiger partial charge in [0.25, 0.3) is 0 Å². The van der Waals surface area contributed by atoms with Crippen molar-refractivity contribution in [3.8, 4) is 0 Å². The molecular weight excluding hydrogens is 200 g/mol. The summed E-state index contributed by atoms with van der Waals surface area (Å²) in [6.07, 6.45) is 3.75. The van der Waals surface area contributed by atoms with Crippen LogP contribution in [0.1, 0.15) is 26.2 Å². The van der Waals surface area contributed by atoms with E-state index < -0.39 is 5.38 Å². The van der Waals surface area contributed by atoms with Gasteiger partial charge in [0.05, 0.1) is 0 Å². The fourth-order valence-electron chi connectivity index (χ4n) is 1.99. The Labute approximate surface area is 89.8 Å². The number of hydrogen-bond donors (Lipinski definition) is 1. The topological polar surface area (TPSA) is 32.3 Å². The highest BCUT2D eigenvalue weighted by atomic mass is 35.5. The first-order valence-corrected chi connectivity index (χ1v) is 5.79. The maximum Gasteiger partial charge on any atom is 0.238 e. The van der Waals surface area contributed by atoms with Gasteiger partial charge < -0.3 is 5.32 Å². The van der Waals surface area contributed by atoms with E-state index in [0.717, 1.165) is 25.6 Å². The van der Waals surface area contributed by atoms with Crippen LogP contribution in [0.3, 0.4) is 0 Å². The lowest BCUT2D eigenvalue weighted by molar-refractivity contribution is -0.121. The molecule has 0 aromatic carbocycles. The highest BCUT2D eigenvalue weighted by molar-refractivity contribution is 6.30. The van der Waals surface area contributed by atoms with Crippen molar-refractivity contribution in [3.05, 3.63) is 0 Å². The molecule has 4 heteroatoms. The summed E-state index contributed by atoms with van der Waals surface area (Å²) in [4.78, 5) is 13.8.